The van der Waals surface area contributed by atoms with E-state index >= 15 is 0 Å². The van der Waals surface area contributed by atoms with Crippen LogP contribution in [0.4, 0.5) is 0 Å². The molecular weight excluding hydrogens is 182 g/mol. The standard InChI is InChI=1S/C10H19NO3/c1-2-7-10(11(13)14)8-5-3-4-6-9-12/h7,12H,2-6,8-9H2,1H3. The van der Waals surface area contributed by atoms with E-state index in [0.29, 0.717) is 18.5 Å². The molecule has 0 radical (unpaired) electrons. The number of aliphatic hydroxyl groups is 1. The molecule has 1 N–H and O–H groups in total. The summed E-state index contributed by atoms with van der Waals surface area (Å²) in [6.45, 7) is 2.11. The SMILES string of the molecule is CCC=C(CCCCCCO)[N+](=O)[O-]. The van der Waals surface area contributed by atoms with Crippen molar-refractivity contribution in [2.45, 2.75) is 45.4 Å². The summed E-state index contributed by atoms with van der Waals surface area (Å²) in [6, 6.07) is 0. The molecule has 0 aromatic carbocycles. The average Bonchev–Trinajstić information content (AvgIpc) is 2.15. The maximum absolute atomic E-state index is 10.5. The van der Waals surface area contributed by atoms with Crippen molar-refractivity contribution in [3.8, 4) is 0 Å². The fourth-order valence-corrected chi connectivity index (χ4v) is 1.27. The van der Waals surface area contributed by atoms with Crippen LogP contribution in [0.15, 0.2) is 11.8 Å². The van der Waals surface area contributed by atoms with Gasteiger partial charge in [0.15, 0.2) is 0 Å². The first-order valence-corrected chi connectivity index (χ1v) is 5.16. The van der Waals surface area contributed by atoms with Gasteiger partial charge in [0.05, 0.1) is 4.92 Å². The highest BCUT2D eigenvalue weighted by Gasteiger charge is 2.08. The van der Waals surface area contributed by atoms with Gasteiger partial charge < -0.3 is 5.11 Å². The number of hydrogen-bond donors (Lipinski definition) is 1. The number of nitro groups is 1. The maximum atomic E-state index is 10.5. The third-order valence-electron chi connectivity index (χ3n) is 2.02. The molecule has 82 valence electrons. The van der Waals surface area contributed by atoms with E-state index in [-0.39, 0.29) is 11.5 Å². The second kappa shape index (κ2) is 8.69. The topological polar surface area (TPSA) is 63.4 Å². The van der Waals surface area contributed by atoms with Crippen molar-refractivity contribution >= 4 is 0 Å². The molecule has 14 heavy (non-hydrogen) atoms. The minimum atomic E-state index is -0.296. The Morgan fingerprint density at radius 1 is 1.36 bits per heavy atom. The third kappa shape index (κ3) is 6.60. The normalized spacial score (nSPS) is 11.7. The van der Waals surface area contributed by atoms with Crippen LogP contribution < -0.4 is 0 Å². The quantitative estimate of drug-likeness (QED) is 0.373. The molecule has 0 fully saturated rings. The van der Waals surface area contributed by atoms with Crippen molar-refractivity contribution in [3.63, 3.8) is 0 Å². The first-order valence-electron chi connectivity index (χ1n) is 5.16. The molecule has 0 aromatic heterocycles. The molecule has 0 spiro atoms. The van der Waals surface area contributed by atoms with E-state index in [0.717, 1.165) is 25.7 Å². The molecule has 0 aliphatic heterocycles. The number of rotatable bonds is 8. The maximum Gasteiger partial charge on any atom is 0.242 e. The van der Waals surface area contributed by atoms with E-state index in [1.54, 1.807) is 6.08 Å². The summed E-state index contributed by atoms with van der Waals surface area (Å²) in [5.41, 5.74) is 0.330. The van der Waals surface area contributed by atoms with Gasteiger partial charge in [-0.05, 0) is 25.3 Å². The molecule has 0 aromatic rings. The molecule has 0 aliphatic rings. The molecule has 0 heterocycles. The van der Waals surface area contributed by atoms with Crippen LogP contribution in [0.3, 0.4) is 0 Å². The molecule has 0 aliphatic carbocycles. The minimum Gasteiger partial charge on any atom is -0.396 e. The van der Waals surface area contributed by atoms with Crippen LogP contribution in [0, 0.1) is 10.1 Å². The summed E-state index contributed by atoms with van der Waals surface area (Å²) in [5, 5.41) is 19.0. The van der Waals surface area contributed by atoms with Crippen LogP contribution in [0.2, 0.25) is 0 Å². The number of nitrogens with zero attached hydrogens (tertiary/aromatic N) is 1. The lowest BCUT2D eigenvalue weighted by atomic mass is 10.1. The Balaban J connectivity index is 3.62. The fourth-order valence-electron chi connectivity index (χ4n) is 1.27. The van der Waals surface area contributed by atoms with Crippen molar-refractivity contribution in [3.05, 3.63) is 21.9 Å². The zero-order valence-electron chi connectivity index (χ0n) is 8.74. The van der Waals surface area contributed by atoms with Crippen LogP contribution in [-0.4, -0.2) is 16.6 Å². The molecule has 4 heteroatoms. The average molecular weight is 201 g/mol. The predicted octanol–water partition coefficient (Wildman–Crippen LogP) is 2.50. The Bertz CT molecular complexity index is 190. The van der Waals surface area contributed by atoms with Crippen LogP contribution in [0.5, 0.6) is 0 Å². The number of hydrogen-bond acceptors (Lipinski definition) is 3. The van der Waals surface area contributed by atoms with Crippen molar-refractivity contribution in [2.24, 2.45) is 0 Å². The summed E-state index contributed by atoms with van der Waals surface area (Å²) in [7, 11) is 0. The second-order valence-corrected chi connectivity index (χ2v) is 3.25. The first-order chi connectivity index (χ1) is 6.72. The molecule has 0 amide bonds. The fraction of sp³-hybridized carbons (Fsp3) is 0.800. The van der Waals surface area contributed by atoms with Gasteiger partial charge in [-0.25, -0.2) is 0 Å². The lowest BCUT2D eigenvalue weighted by Crippen LogP contribution is -1.98. The monoisotopic (exact) mass is 201 g/mol. The molecule has 0 atom stereocenters. The number of unbranched alkanes of at least 4 members (excludes halogenated alkanes) is 3. The lowest BCUT2D eigenvalue weighted by molar-refractivity contribution is -0.428. The van der Waals surface area contributed by atoms with Crippen molar-refractivity contribution in [1.29, 1.82) is 0 Å². The molecule has 0 saturated carbocycles. The number of allylic oxidation sites excluding steroid dienone is 2. The van der Waals surface area contributed by atoms with Gasteiger partial charge in [-0.3, -0.25) is 10.1 Å². The molecule has 0 bridgehead atoms. The summed E-state index contributed by atoms with van der Waals surface area (Å²) in [6.07, 6.45) is 6.48. The summed E-state index contributed by atoms with van der Waals surface area (Å²) < 4.78 is 0. The Labute approximate surface area is 84.8 Å². The van der Waals surface area contributed by atoms with E-state index in [1.165, 1.54) is 0 Å². The molecular formula is C10H19NO3. The predicted molar refractivity (Wildman–Crippen MR) is 55.5 cm³/mol. The minimum absolute atomic E-state index is 0.215. The van der Waals surface area contributed by atoms with Crippen LogP contribution in [-0.2, 0) is 0 Å². The van der Waals surface area contributed by atoms with Gasteiger partial charge in [0.2, 0.25) is 5.70 Å². The highest BCUT2D eigenvalue weighted by molar-refractivity contribution is 4.90. The zero-order chi connectivity index (χ0) is 10.8. The zero-order valence-corrected chi connectivity index (χ0v) is 8.74. The van der Waals surface area contributed by atoms with E-state index in [4.69, 9.17) is 5.11 Å². The smallest absolute Gasteiger partial charge is 0.242 e. The lowest BCUT2D eigenvalue weighted by Gasteiger charge is -1.99. The van der Waals surface area contributed by atoms with Crippen LogP contribution in [0.25, 0.3) is 0 Å². The summed E-state index contributed by atoms with van der Waals surface area (Å²) in [4.78, 5) is 10.2. The Morgan fingerprint density at radius 3 is 2.50 bits per heavy atom. The van der Waals surface area contributed by atoms with Gasteiger partial charge in [-0.15, -0.1) is 0 Å². The largest absolute Gasteiger partial charge is 0.396 e. The van der Waals surface area contributed by atoms with Crippen molar-refractivity contribution in [1.82, 2.24) is 0 Å². The van der Waals surface area contributed by atoms with Crippen molar-refractivity contribution < 1.29 is 10.0 Å². The molecule has 0 saturated heterocycles. The van der Waals surface area contributed by atoms with E-state index in [2.05, 4.69) is 0 Å². The van der Waals surface area contributed by atoms with Gasteiger partial charge in [0, 0.05) is 13.0 Å². The third-order valence-corrected chi connectivity index (χ3v) is 2.02. The Kier molecular flexibility index (Phi) is 8.13. The summed E-state index contributed by atoms with van der Waals surface area (Å²) >= 11 is 0. The highest BCUT2D eigenvalue weighted by atomic mass is 16.6. The van der Waals surface area contributed by atoms with Gasteiger partial charge in [-0.2, -0.15) is 0 Å². The first kappa shape index (κ1) is 13.1. The van der Waals surface area contributed by atoms with E-state index < -0.39 is 0 Å². The molecule has 0 rings (SSSR count). The van der Waals surface area contributed by atoms with Gasteiger partial charge in [-0.1, -0.05) is 19.8 Å². The van der Waals surface area contributed by atoms with E-state index in [1.807, 2.05) is 6.92 Å². The van der Waals surface area contributed by atoms with Gasteiger partial charge in [0.1, 0.15) is 0 Å². The molecule has 0 unspecified atom stereocenters. The van der Waals surface area contributed by atoms with Gasteiger partial charge >= 0.3 is 0 Å². The Hall–Kier alpha value is -0.900. The van der Waals surface area contributed by atoms with Crippen LogP contribution >= 0.6 is 0 Å². The van der Waals surface area contributed by atoms with E-state index in [9.17, 15) is 10.1 Å². The highest BCUT2D eigenvalue weighted by Crippen LogP contribution is 2.11. The second-order valence-electron chi connectivity index (χ2n) is 3.25. The Morgan fingerprint density at radius 2 is 2.00 bits per heavy atom. The number of aliphatic hydroxyl groups excluding tert-OH is 1. The van der Waals surface area contributed by atoms with Gasteiger partial charge in [0.25, 0.3) is 0 Å². The van der Waals surface area contributed by atoms with Crippen LogP contribution in [0.1, 0.15) is 45.4 Å². The molecule has 4 nitrogen and oxygen atoms in total. The van der Waals surface area contributed by atoms with Crippen molar-refractivity contribution in [2.75, 3.05) is 6.61 Å². The summed E-state index contributed by atoms with van der Waals surface area (Å²) in [5.74, 6) is 0.